The molecule has 2 heterocycles. The van der Waals surface area contributed by atoms with E-state index in [1.165, 1.54) is 0 Å². The maximum absolute atomic E-state index is 12.7. The van der Waals surface area contributed by atoms with Gasteiger partial charge in [0.1, 0.15) is 0 Å². The van der Waals surface area contributed by atoms with Crippen molar-refractivity contribution in [1.82, 2.24) is 4.57 Å². The molecule has 0 spiro atoms. The maximum atomic E-state index is 12.7. The van der Waals surface area contributed by atoms with Crippen LogP contribution in [0.4, 0.5) is 0 Å². The summed E-state index contributed by atoms with van der Waals surface area (Å²) in [6.07, 6.45) is 2.26. The molecule has 4 heteroatoms. The van der Waals surface area contributed by atoms with Crippen LogP contribution < -0.4 is 11.3 Å². The molecule has 1 saturated heterocycles. The van der Waals surface area contributed by atoms with Crippen molar-refractivity contribution >= 4 is 0 Å². The van der Waals surface area contributed by atoms with Gasteiger partial charge >= 0.3 is 0 Å². The predicted molar refractivity (Wildman–Crippen MR) is 81.0 cm³/mol. The number of rotatable bonds is 3. The molecule has 0 saturated carbocycles. The Bertz CT molecular complexity index is 520. The smallest absolute Gasteiger partial charge is 0.255 e. The topological polar surface area (TPSA) is 57.2 Å². The van der Waals surface area contributed by atoms with E-state index in [4.69, 9.17) is 10.5 Å². The summed E-state index contributed by atoms with van der Waals surface area (Å²) < 4.78 is 7.56. The second-order valence-electron chi connectivity index (χ2n) is 6.76. The molecule has 4 nitrogen and oxygen atoms in total. The lowest BCUT2D eigenvalue weighted by Gasteiger charge is -2.26. The van der Waals surface area contributed by atoms with Crippen LogP contribution in [0.15, 0.2) is 16.9 Å². The van der Waals surface area contributed by atoms with E-state index in [0.29, 0.717) is 12.1 Å². The Labute approximate surface area is 120 Å². The fraction of sp³-hybridized carbons (Fsp3) is 0.688. The molecule has 1 aromatic rings. The number of hydrogen-bond acceptors (Lipinski definition) is 3. The first kappa shape index (κ1) is 15.3. The van der Waals surface area contributed by atoms with Gasteiger partial charge < -0.3 is 15.0 Å². The first-order chi connectivity index (χ1) is 9.30. The lowest BCUT2D eigenvalue weighted by atomic mass is 9.90. The van der Waals surface area contributed by atoms with Crippen molar-refractivity contribution in [2.24, 2.45) is 5.73 Å². The number of nitrogens with zero attached hydrogens (tertiary/aromatic N) is 1. The Morgan fingerprint density at radius 1 is 1.45 bits per heavy atom. The van der Waals surface area contributed by atoms with E-state index in [2.05, 4.69) is 20.8 Å². The highest BCUT2D eigenvalue weighted by atomic mass is 16.5. The van der Waals surface area contributed by atoms with Gasteiger partial charge in [-0.3, -0.25) is 4.79 Å². The summed E-state index contributed by atoms with van der Waals surface area (Å²) in [6, 6.07) is 3.67. The van der Waals surface area contributed by atoms with Gasteiger partial charge in [0.05, 0.1) is 12.6 Å². The first-order valence-electron chi connectivity index (χ1n) is 7.42. The molecule has 112 valence electrons. The zero-order chi connectivity index (χ0) is 14.9. The van der Waals surface area contributed by atoms with Crippen LogP contribution in [-0.4, -0.2) is 17.3 Å². The molecule has 2 rings (SSSR count). The van der Waals surface area contributed by atoms with Gasteiger partial charge in [0.2, 0.25) is 0 Å². The Morgan fingerprint density at radius 3 is 2.65 bits per heavy atom. The molecular weight excluding hydrogens is 252 g/mol. The third kappa shape index (κ3) is 3.13. The molecule has 0 bridgehead atoms. The van der Waals surface area contributed by atoms with E-state index in [9.17, 15) is 4.79 Å². The van der Waals surface area contributed by atoms with Gasteiger partial charge in [-0.2, -0.15) is 0 Å². The Hall–Kier alpha value is -1.13. The average molecular weight is 278 g/mol. The molecular formula is C16H26N2O2. The largest absolute Gasteiger partial charge is 0.376 e. The minimum Gasteiger partial charge on any atom is -0.376 e. The Balaban J connectivity index is 2.47. The summed E-state index contributed by atoms with van der Waals surface area (Å²) in [5.41, 5.74) is 7.58. The van der Waals surface area contributed by atoms with Crippen molar-refractivity contribution in [3.8, 4) is 0 Å². The molecule has 2 unspecified atom stereocenters. The van der Waals surface area contributed by atoms with Crippen molar-refractivity contribution in [3.05, 3.63) is 33.7 Å². The average Bonchev–Trinajstić information content (AvgIpc) is 2.82. The summed E-state index contributed by atoms with van der Waals surface area (Å²) in [7, 11) is 0. The minimum absolute atomic E-state index is 0.0305. The molecule has 20 heavy (non-hydrogen) atoms. The van der Waals surface area contributed by atoms with E-state index in [0.717, 1.165) is 25.1 Å². The van der Waals surface area contributed by atoms with E-state index in [1.54, 1.807) is 0 Å². The molecule has 1 aliphatic rings. The van der Waals surface area contributed by atoms with E-state index >= 15 is 0 Å². The van der Waals surface area contributed by atoms with Crippen molar-refractivity contribution in [2.75, 3.05) is 6.61 Å². The summed E-state index contributed by atoms with van der Waals surface area (Å²) in [4.78, 5) is 12.7. The SMILES string of the molecule is CC(N)c1ccc(C(C)(C)C)n(CC2CCCO2)c1=O. The molecule has 1 aliphatic heterocycles. The summed E-state index contributed by atoms with van der Waals surface area (Å²) in [6.45, 7) is 9.66. The van der Waals surface area contributed by atoms with E-state index < -0.39 is 0 Å². The van der Waals surface area contributed by atoms with Crippen LogP contribution in [0.1, 0.15) is 57.8 Å². The summed E-state index contributed by atoms with van der Waals surface area (Å²) in [5.74, 6) is 0. The van der Waals surface area contributed by atoms with Crippen molar-refractivity contribution < 1.29 is 4.74 Å². The van der Waals surface area contributed by atoms with Gasteiger partial charge in [0.15, 0.2) is 0 Å². The minimum atomic E-state index is -0.243. The van der Waals surface area contributed by atoms with Crippen LogP contribution in [0, 0.1) is 0 Å². The van der Waals surface area contributed by atoms with Crippen LogP contribution >= 0.6 is 0 Å². The summed E-state index contributed by atoms with van der Waals surface area (Å²) in [5, 5.41) is 0. The second kappa shape index (κ2) is 5.70. The van der Waals surface area contributed by atoms with Crippen molar-refractivity contribution in [3.63, 3.8) is 0 Å². The van der Waals surface area contributed by atoms with Crippen molar-refractivity contribution in [2.45, 2.75) is 64.6 Å². The van der Waals surface area contributed by atoms with Crippen LogP contribution in [0.2, 0.25) is 0 Å². The fourth-order valence-electron chi connectivity index (χ4n) is 2.77. The highest BCUT2D eigenvalue weighted by molar-refractivity contribution is 5.23. The van der Waals surface area contributed by atoms with Crippen LogP contribution in [0.3, 0.4) is 0 Å². The molecule has 0 aromatic carbocycles. The Kier molecular flexibility index (Phi) is 4.35. The van der Waals surface area contributed by atoms with Gasteiger partial charge in [-0.1, -0.05) is 26.8 Å². The zero-order valence-corrected chi connectivity index (χ0v) is 13.0. The lowest BCUT2D eigenvalue weighted by molar-refractivity contribution is 0.0946. The monoisotopic (exact) mass is 278 g/mol. The highest BCUT2D eigenvalue weighted by Crippen LogP contribution is 2.23. The zero-order valence-electron chi connectivity index (χ0n) is 13.0. The maximum Gasteiger partial charge on any atom is 0.255 e. The number of aromatic nitrogens is 1. The number of hydrogen-bond donors (Lipinski definition) is 1. The van der Waals surface area contributed by atoms with Crippen LogP contribution in [0.25, 0.3) is 0 Å². The first-order valence-corrected chi connectivity index (χ1v) is 7.42. The van der Waals surface area contributed by atoms with Gasteiger partial charge in [-0.25, -0.2) is 0 Å². The second-order valence-corrected chi connectivity index (χ2v) is 6.76. The highest BCUT2D eigenvalue weighted by Gasteiger charge is 2.24. The van der Waals surface area contributed by atoms with Crippen molar-refractivity contribution in [1.29, 1.82) is 0 Å². The number of ether oxygens (including phenoxy) is 1. The predicted octanol–water partition coefficient (Wildman–Crippen LogP) is 2.34. The molecule has 1 fully saturated rings. The lowest BCUT2D eigenvalue weighted by Crippen LogP contribution is -2.36. The quantitative estimate of drug-likeness (QED) is 0.923. The molecule has 0 aliphatic carbocycles. The molecule has 2 atom stereocenters. The van der Waals surface area contributed by atoms with Crippen LogP contribution in [-0.2, 0) is 16.7 Å². The van der Waals surface area contributed by atoms with Gasteiger partial charge in [-0.15, -0.1) is 0 Å². The summed E-state index contributed by atoms with van der Waals surface area (Å²) >= 11 is 0. The van der Waals surface area contributed by atoms with Gasteiger partial charge in [0.25, 0.3) is 5.56 Å². The third-order valence-electron chi connectivity index (χ3n) is 3.87. The van der Waals surface area contributed by atoms with Gasteiger partial charge in [0, 0.05) is 29.3 Å². The molecule has 0 amide bonds. The molecule has 1 aromatic heterocycles. The normalized spacial score (nSPS) is 21.1. The Morgan fingerprint density at radius 2 is 2.15 bits per heavy atom. The van der Waals surface area contributed by atoms with Crippen LogP contribution in [0.5, 0.6) is 0 Å². The molecule has 2 N–H and O–H groups in total. The fourth-order valence-corrected chi connectivity index (χ4v) is 2.77. The molecule has 0 radical (unpaired) electrons. The standard InChI is InChI=1S/C16H26N2O2/c1-11(17)13-7-8-14(16(2,3)4)18(15(13)19)10-12-6-5-9-20-12/h7-8,11-12H,5-6,9-10,17H2,1-4H3. The van der Waals surface area contributed by atoms with E-state index in [-0.39, 0.29) is 23.1 Å². The van der Waals surface area contributed by atoms with Gasteiger partial charge in [-0.05, 0) is 25.8 Å². The number of pyridine rings is 1. The third-order valence-corrected chi connectivity index (χ3v) is 3.87. The number of nitrogens with two attached hydrogens (primary N) is 1. The van der Waals surface area contributed by atoms with E-state index in [1.807, 2.05) is 23.6 Å².